The molecule has 0 spiro atoms. The summed E-state index contributed by atoms with van der Waals surface area (Å²) >= 11 is 6.45. The molecular formula is C23H33ClN4O2. The number of nitrogens with one attached hydrogen (secondary N) is 1. The molecule has 0 radical (unpaired) electrons. The van der Waals surface area contributed by atoms with Crippen LogP contribution < -0.4 is 4.74 Å². The number of carbonyl (C=O) groups is 1. The fourth-order valence-electron chi connectivity index (χ4n) is 3.83. The number of hydrogen-bond acceptors (Lipinski definition) is 4. The molecule has 1 saturated heterocycles. The van der Waals surface area contributed by atoms with Crippen LogP contribution in [0, 0.1) is 12.3 Å². The van der Waals surface area contributed by atoms with Crippen molar-refractivity contribution in [2.24, 2.45) is 5.41 Å². The monoisotopic (exact) mass is 432 g/mol. The SMILES string of the molecule is Cc1cnc(CN(C)C(=O)c2ccc(OC3CCN(CC(C)(C)C)CC3)c(Cl)c2)[nH]1. The molecule has 1 fully saturated rings. The highest BCUT2D eigenvalue weighted by molar-refractivity contribution is 6.32. The van der Waals surface area contributed by atoms with E-state index in [1.807, 2.05) is 13.0 Å². The molecule has 3 rings (SSSR count). The summed E-state index contributed by atoms with van der Waals surface area (Å²) in [6.45, 7) is 12.3. The Hall–Kier alpha value is -2.05. The number of ether oxygens (including phenoxy) is 1. The molecular weight excluding hydrogens is 400 g/mol. The van der Waals surface area contributed by atoms with Crippen molar-refractivity contribution in [3.05, 3.63) is 46.5 Å². The van der Waals surface area contributed by atoms with Crippen LogP contribution in [-0.2, 0) is 6.54 Å². The minimum Gasteiger partial charge on any atom is -0.489 e. The van der Waals surface area contributed by atoms with Crippen LogP contribution in [-0.4, -0.2) is 58.5 Å². The van der Waals surface area contributed by atoms with Crippen molar-refractivity contribution in [3.63, 3.8) is 0 Å². The van der Waals surface area contributed by atoms with E-state index in [9.17, 15) is 4.79 Å². The van der Waals surface area contributed by atoms with E-state index >= 15 is 0 Å². The van der Waals surface area contributed by atoms with Gasteiger partial charge in [-0.25, -0.2) is 4.98 Å². The number of nitrogens with zero attached hydrogens (tertiary/aromatic N) is 3. The molecule has 0 aliphatic carbocycles. The molecule has 164 valence electrons. The van der Waals surface area contributed by atoms with E-state index < -0.39 is 0 Å². The fourth-order valence-corrected chi connectivity index (χ4v) is 4.05. The number of rotatable bonds is 6. The quantitative estimate of drug-likeness (QED) is 0.728. The molecule has 0 saturated carbocycles. The lowest BCUT2D eigenvalue weighted by molar-refractivity contribution is 0.0779. The first-order valence-corrected chi connectivity index (χ1v) is 10.9. The van der Waals surface area contributed by atoms with Crippen molar-refractivity contribution in [2.75, 3.05) is 26.7 Å². The number of H-pyrrole nitrogens is 1. The minimum atomic E-state index is -0.104. The summed E-state index contributed by atoms with van der Waals surface area (Å²) in [6, 6.07) is 5.28. The molecule has 7 heteroatoms. The number of hydrogen-bond donors (Lipinski definition) is 1. The third-order valence-corrected chi connectivity index (χ3v) is 5.49. The van der Waals surface area contributed by atoms with Crippen LogP contribution in [0.5, 0.6) is 5.75 Å². The number of aromatic nitrogens is 2. The van der Waals surface area contributed by atoms with E-state index in [2.05, 4.69) is 35.6 Å². The first kappa shape index (κ1) is 22.6. The van der Waals surface area contributed by atoms with Gasteiger partial charge in [0.2, 0.25) is 0 Å². The maximum Gasteiger partial charge on any atom is 0.254 e. The summed E-state index contributed by atoms with van der Waals surface area (Å²) < 4.78 is 6.16. The maximum atomic E-state index is 12.7. The van der Waals surface area contributed by atoms with E-state index in [4.69, 9.17) is 16.3 Å². The molecule has 30 heavy (non-hydrogen) atoms. The van der Waals surface area contributed by atoms with Crippen molar-refractivity contribution in [1.82, 2.24) is 19.8 Å². The number of aryl methyl sites for hydroxylation is 1. The predicted octanol–water partition coefficient (Wildman–Crippen LogP) is 4.53. The van der Waals surface area contributed by atoms with Gasteiger partial charge >= 0.3 is 0 Å². The van der Waals surface area contributed by atoms with Gasteiger partial charge in [-0.1, -0.05) is 32.4 Å². The largest absolute Gasteiger partial charge is 0.489 e. The molecule has 0 bridgehead atoms. The highest BCUT2D eigenvalue weighted by Crippen LogP contribution is 2.29. The van der Waals surface area contributed by atoms with Crippen molar-refractivity contribution >= 4 is 17.5 Å². The smallest absolute Gasteiger partial charge is 0.254 e. The van der Waals surface area contributed by atoms with E-state index in [0.717, 1.165) is 44.0 Å². The van der Waals surface area contributed by atoms with Crippen LogP contribution >= 0.6 is 11.6 Å². The number of amides is 1. The standard InChI is InChI=1S/C23H33ClN4O2/c1-16-13-25-21(26-16)14-27(5)22(29)17-6-7-20(19(24)12-17)30-18-8-10-28(11-9-18)15-23(2,3)4/h6-7,12-13,18H,8-11,14-15H2,1-5H3,(H,25,26). The zero-order valence-electron chi connectivity index (χ0n) is 18.7. The van der Waals surface area contributed by atoms with Gasteiger partial charge in [-0.15, -0.1) is 0 Å². The van der Waals surface area contributed by atoms with E-state index in [0.29, 0.717) is 28.3 Å². The lowest BCUT2D eigenvalue weighted by Crippen LogP contribution is -2.42. The Morgan fingerprint density at radius 2 is 2.03 bits per heavy atom. The Kier molecular flexibility index (Phi) is 7.09. The summed E-state index contributed by atoms with van der Waals surface area (Å²) in [7, 11) is 1.75. The molecule has 1 aliphatic heterocycles. The molecule has 1 amide bonds. The second-order valence-electron chi connectivity index (χ2n) is 9.47. The third kappa shape index (κ3) is 6.22. The van der Waals surface area contributed by atoms with Gasteiger partial charge in [0.15, 0.2) is 0 Å². The molecule has 1 N–H and O–H groups in total. The van der Waals surface area contributed by atoms with Crippen LogP contribution in [0.3, 0.4) is 0 Å². The number of likely N-dealkylation sites (tertiary alicyclic amines) is 1. The molecule has 1 aromatic carbocycles. The third-order valence-electron chi connectivity index (χ3n) is 5.19. The Morgan fingerprint density at radius 3 is 2.60 bits per heavy atom. The summed E-state index contributed by atoms with van der Waals surface area (Å²) in [6.07, 6.45) is 3.88. The summed E-state index contributed by atoms with van der Waals surface area (Å²) in [5.74, 6) is 1.30. The Balaban J connectivity index is 1.55. The molecule has 2 aromatic rings. The van der Waals surface area contributed by atoms with Crippen LogP contribution in [0.25, 0.3) is 0 Å². The van der Waals surface area contributed by atoms with E-state index in [1.54, 1.807) is 30.3 Å². The fraction of sp³-hybridized carbons (Fsp3) is 0.565. The molecule has 2 heterocycles. The zero-order chi connectivity index (χ0) is 21.9. The van der Waals surface area contributed by atoms with Crippen LogP contribution in [0.15, 0.2) is 24.4 Å². The molecule has 0 atom stereocenters. The second-order valence-corrected chi connectivity index (χ2v) is 9.88. The number of halogens is 1. The predicted molar refractivity (Wildman–Crippen MR) is 120 cm³/mol. The van der Waals surface area contributed by atoms with Crippen LogP contribution in [0.2, 0.25) is 5.02 Å². The Labute approximate surface area is 184 Å². The van der Waals surface area contributed by atoms with E-state index in [1.165, 1.54) is 0 Å². The molecule has 1 aliphatic rings. The van der Waals surface area contributed by atoms with Crippen molar-refractivity contribution in [1.29, 1.82) is 0 Å². The van der Waals surface area contributed by atoms with Gasteiger partial charge in [-0.2, -0.15) is 0 Å². The number of benzene rings is 1. The minimum absolute atomic E-state index is 0.104. The number of aromatic amines is 1. The first-order chi connectivity index (χ1) is 14.1. The average molecular weight is 433 g/mol. The Bertz CT molecular complexity index is 866. The van der Waals surface area contributed by atoms with Gasteiger partial charge in [0, 0.05) is 44.1 Å². The van der Waals surface area contributed by atoms with Crippen LogP contribution in [0.1, 0.15) is 55.5 Å². The number of imidazole rings is 1. The summed E-state index contributed by atoms with van der Waals surface area (Å²) in [5, 5.41) is 0.472. The highest BCUT2D eigenvalue weighted by atomic mass is 35.5. The van der Waals surface area contributed by atoms with Crippen molar-refractivity contribution in [2.45, 2.75) is 53.2 Å². The summed E-state index contributed by atoms with van der Waals surface area (Å²) in [4.78, 5) is 24.3. The lowest BCUT2D eigenvalue weighted by atomic mass is 9.94. The molecule has 1 aromatic heterocycles. The Morgan fingerprint density at radius 1 is 1.33 bits per heavy atom. The van der Waals surface area contributed by atoms with Gasteiger partial charge in [0.25, 0.3) is 5.91 Å². The van der Waals surface area contributed by atoms with Gasteiger partial charge in [-0.05, 0) is 43.4 Å². The summed E-state index contributed by atoms with van der Waals surface area (Å²) in [5.41, 5.74) is 1.82. The van der Waals surface area contributed by atoms with Gasteiger partial charge < -0.3 is 19.5 Å². The van der Waals surface area contributed by atoms with Gasteiger partial charge in [0.1, 0.15) is 17.7 Å². The first-order valence-electron chi connectivity index (χ1n) is 10.6. The highest BCUT2D eigenvalue weighted by Gasteiger charge is 2.24. The maximum absolute atomic E-state index is 12.7. The molecule has 6 nitrogen and oxygen atoms in total. The van der Waals surface area contributed by atoms with Crippen LogP contribution in [0.4, 0.5) is 0 Å². The van der Waals surface area contributed by atoms with Gasteiger partial charge in [-0.3, -0.25) is 4.79 Å². The number of piperidine rings is 1. The van der Waals surface area contributed by atoms with E-state index in [-0.39, 0.29) is 12.0 Å². The average Bonchev–Trinajstić information content (AvgIpc) is 3.07. The number of carbonyl (C=O) groups excluding carboxylic acids is 1. The van der Waals surface area contributed by atoms with Gasteiger partial charge in [0.05, 0.1) is 11.6 Å². The van der Waals surface area contributed by atoms with Crippen molar-refractivity contribution in [3.8, 4) is 5.75 Å². The topological polar surface area (TPSA) is 61.5 Å². The molecule has 0 unspecified atom stereocenters. The second kappa shape index (κ2) is 9.40. The zero-order valence-corrected chi connectivity index (χ0v) is 19.4. The lowest BCUT2D eigenvalue weighted by Gasteiger charge is -2.36. The van der Waals surface area contributed by atoms with Crippen molar-refractivity contribution < 1.29 is 9.53 Å². The normalized spacial score (nSPS) is 15.9.